The molecule has 0 saturated heterocycles. The van der Waals surface area contributed by atoms with Crippen LogP contribution in [0.25, 0.3) is 0 Å². The highest BCUT2D eigenvalue weighted by Crippen LogP contribution is 2.20. The molecule has 1 N–H and O–H groups in total. The summed E-state index contributed by atoms with van der Waals surface area (Å²) < 4.78 is 0. The van der Waals surface area contributed by atoms with Crippen molar-refractivity contribution in [1.29, 1.82) is 0 Å². The lowest BCUT2D eigenvalue weighted by molar-refractivity contribution is 0.213. The summed E-state index contributed by atoms with van der Waals surface area (Å²) in [5.74, 6) is 0. The highest BCUT2D eigenvalue weighted by Gasteiger charge is 2.09. The molecule has 0 aliphatic rings. The van der Waals surface area contributed by atoms with E-state index < -0.39 is 0 Å². The molecule has 1 aromatic heterocycles. The van der Waals surface area contributed by atoms with E-state index in [-0.39, 0.29) is 6.61 Å². The second kappa shape index (κ2) is 7.79. The summed E-state index contributed by atoms with van der Waals surface area (Å²) in [5.41, 5.74) is 2.60. The van der Waals surface area contributed by atoms with Gasteiger partial charge in [0, 0.05) is 36.1 Å². The summed E-state index contributed by atoms with van der Waals surface area (Å²) in [5, 5.41) is 12.0. The van der Waals surface area contributed by atoms with Gasteiger partial charge < -0.3 is 5.11 Å². The molecule has 2 aromatic rings. The first-order chi connectivity index (χ1) is 9.69. The Labute approximate surface area is 129 Å². The molecule has 0 fully saturated rings. The van der Waals surface area contributed by atoms with Gasteiger partial charge in [0.25, 0.3) is 0 Å². The van der Waals surface area contributed by atoms with Gasteiger partial charge in [0.2, 0.25) is 0 Å². The van der Waals surface area contributed by atoms with Crippen molar-refractivity contribution in [3.05, 3.63) is 56.7 Å². The number of aryl methyl sites for hydroxylation is 1. The van der Waals surface area contributed by atoms with Gasteiger partial charge in [-0.2, -0.15) is 0 Å². The molecule has 0 aliphatic heterocycles. The minimum Gasteiger partial charge on any atom is -0.396 e. The minimum atomic E-state index is 0.237. The Balaban J connectivity index is 2.03. The van der Waals surface area contributed by atoms with Crippen LogP contribution in [0.15, 0.2) is 35.7 Å². The Hall–Kier alpha value is -0.870. The maximum atomic E-state index is 9.06. The van der Waals surface area contributed by atoms with E-state index in [0.29, 0.717) is 0 Å². The van der Waals surface area contributed by atoms with Crippen molar-refractivity contribution in [3.63, 3.8) is 0 Å². The highest BCUT2D eigenvalue weighted by atomic mass is 35.5. The van der Waals surface area contributed by atoms with Gasteiger partial charge in [-0.1, -0.05) is 23.7 Å². The van der Waals surface area contributed by atoms with Gasteiger partial charge in [0.1, 0.15) is 0 Å². The van der Waals surface area contributed by atoms with Crippen LogP contribution in [0.3, 0.4) is 0 Å². The van der Waals surface area contributed by atoms with Crippen molar-refractivity contribution >= 4 is 22.9 Å². The maximum absolute atomic E-state index is 9.06. The van der Waals surface area contributed by atoms with E-state index in [9.17, 15) is 0 Å². The van der Waals surface area contributed by atoms with E-state index in [1.807, 2.05) is 12.1 Å². The number of aliphatic hydroxyl groups excluding tert-OH is 1. The first kappa shape index (κ1) is 15.5. The molecule has 1 heterocycles. The molecular weight excluding hydrogens is 290 g/mol. The Morgan fingerprint density at radius 3 is 2.50 bits per heavy atom. The monoisotopic (exact) mass is 309 g/mol. The van der Waals surface area contributed by atoms with Gasteiger partial charge in [-0.3, -0.25) is 4.90 Å². The summed E-state index contributed by atoms with van der Waals surface area (Å²) in [6.07, 6.45) is 0.804. The topological polar surface area (TPSA) is 23.5 Å². The van der Waals surface area contributed by atoms with Crippen molar-refractivity contribution in [1.82, 2.24) is 4.90 Å². The molecule has 2 nitrogen and oxygen atoms in total. The number of halogens is 1. The van der Waals surface area contributed by atoms with Crippen molar-refractivity contribution in [2.75, 3.05) is 13.2 Å². The van der Waals surface area contributed by atoms with Crippen LogP contribution in [0, 0.1) is 6.92 Å². The van der Waals surface area contributed by atoms with E-state index >= 15 is 0 Å². The number of hydrogen-bond donors (Lipinski definition) is 1. The van der Waals surface area contributed by atoms with E-state index in [1.54, 1.807) is 11.3 Å². The molecule has 108 valence electrons. The van der Waals surface area contributed by atoms with Crippen LogP contribution in [-0.4, -0.2) is 23.2 Å². The van der Waals surface area contributed by atoms with E-state index in [0.717, 1.165) is 31.1 Å². The number of benzene rings is 1. The van der Waals surface area contributed by atoms with E-state index in [2.05, 4.69) is 35.4 Å². The number of thiophene rings is 1. The lowest BCUT2D eigenvalue weighted by Gasteiger charge is -2.22. The van der Waals surface area contributed by atoms with Gasteiger partial charge >= 0.3 is 0 Å². The zero-order valence-corrected chi connectivity index (χ0v) is 13.3. The molecule has 2 rings (SSSR count). The lowest BCUT2D eigenvalue weighted by atomic mass is 10.2. The molecule has 0 bridgehead atoms. The average Bonchev–Trinajstić information content (AvgIpc) is 2.84. The fraction of sp³-hybridized carbons (Fsp3) is 0.375. The highest BCUT2D eigenvalue weighted by molar-refractivity contribution is 7.10. The number of rotatable bonds is 7. The molecule has 0 saturated carbocycles. The van der Waals surface area contributed by atoms with Crippen LogP contribution in [0.5, 0.6) is 0 Å². The maximum Gasteiger partial charge on any atom is 0.0443 e. The Bertz CT molecular complexity index is 524. The molecule has 4 heteroatoms. The van der Waals surface area contributed by atoms with Crippen LogP contribution >= 0.6 is 22.9 Å². The van der Waals surface area contributed by atoms with Crippen molar-refractivity contribution < 1.29 is 5.11 Å². The van der Waals surface area contributed by atoms with Crippen LogP contribution in [0.1, 0.15) is 22.4 Å². The third-order valence-electron chi connectivity index (χ3n) is 3.29. The minimum absolute atomic E-state index is 0.237. The van der Waals surface area contributed by atoms with Crippen molar-refractivity contribution in [2.45, 2.75) is 26.4 Å². The first-order valence-electron chi connectivity index (χ1n) is 6.79. The van der Waals surface area contributed by atoms with E-state index in [1.165, 1.54) is 16.0 Å². The summed E-state index contributed by atoms with van der Waals surface area (Å²) in [6.45, 7) is 5.11. The second-order valence-corrected chi connectivity index (χ2v) is 6.38. The normalized spacial score (nSPS) is 11.2. The SMILES string of the molecule is Cc1ccsc1CN(CCCO)Cc1ccc(Cl)cc1. The molecule has 0 spiro atoms. The van der Waals surface area contributed by atoms with Gasteiger partial charge in [-0.25, -0.2) is 0 Å². The quantitative estimate of drug-likeness (QED) is 0.832. The van der Waals surface area contributed by atoms with Crippen molar-refractivity contribution in [3.8, 4) is 0 Å². The van der Waals surface area contributed by atoms with Crippen LogP contribution < -0.4 is 0 Å². The third-order valence-corrected chi connectivity index (χ3v) is 4.55. The molecule has 0 radical (unpaired) electrons. The predicted octanol–water partition coefficient (Wildman–Crippen LogP) is 4.09. The summed E-state index contributed by atoms with van der Waals surface area (Å²) in [4.78, 5) is 3.77. The number of hydrogen-bond acceptors (Lipinski definition) is 3. The molecule has 0 atom stereocenters. The van der Waals surface area contributed by atoms with Crippen LogP contribution in [-0.2, 0) is 13.1 Å². The Morgan fingerprint density at radius 1 is 1.15 bits per heavy atom. The fourth-order valence-corrected chi connectivity index (χ4v) is 3.20. The zero-order valence-electron chi connectivity index (χ0n) is 11.7. The lowest BCUT2D eigenvalue weighted by Crippen LogP contribution is -2.24. The van der Waals surface area contributed by atoms with Crippen LogP contribution in [0.4, 0.5) is 0 Å². The smallest absolute Gasteiger partial charge is 0.0443 e. The van der Waals surface area contributed by atoms with Crippen LogP contribution in [0.2, 0.25) is 5.02 Å². The largest absolute Gasteiger partial charge is 0.396 e. The molecule has 1 aromatic carbocycles. The summed E-state index contributed by atoms with van der Waals surface area (Å²) >= 11 is 7.72. The van der Waals surface area contributed by atoms with Gasteiger partial charge in [0.15, 0.2) is 0 Å². The van der Waals surface area contributed by atoms with Crippen molar-refractivity contribution in [2.24, 2.45) is 0 Å². The number of aliphatic hydroxyl groups is 1. The predicted molar refractivity (Wildman–Crippen MR) is 86.3 cm³/mol. The zero-order chi connectivity index (χ0) is 14.4. The second-order valence-electron chi connectivity index (χ2n) is 4.94. The molecule has 0 unspecified atom stereocenters. The summed E-state index contributed by atoms with van der Waals surface area (Å²) in [7, 11) is 0. The molecule has 20 heavy (non-hydrogen) atoms. The molecule has 0 amide bonds. The fourth-order valence-electron chi connectivity index (χ4n) is 2.13. The van der Waals surface area contributed by atoms with Gasteiger partial charge in [-0.05, 0) is 48.1 Å². The molecule has 0 aliphatic carbocycles. The van der Waals surface area contributed by atoms with Gasteiger partial charge in [-0.15, -0.1) is 11.3 Å². The first-order valence-corrected chi connectivity index (χ1v) is 8.05. The van der Waals surface area contributed by atoms with E-state index in [4.69, 9.17) is 16.7 Å². The Morgan fingerprint density at radius 2 is 1.90 bits per heavy atom. The number of nitrogens with zero attached hydrogens (tertiary/aromatic N) is 1. The Kier molecular flexibility index (Phi) is 6.05. The average molecular weight is 310 g/mol. The van der Waals surface area contributed by atoms with Gasteiger partial charge in [0.05, 0.1) is 0 Å². The standard InChI is InChI=1S/C16H20ClNOS/c1-13-7-10-20-16(13)12-18(8-2-9-19)11-14-3-5-15(17)6-4-14/h3-7,10,19H,2,8-9,11-12H2,1H3. The molecular formula is C16H20ClNOS. The third kappa shape index (κ3) is 4.60. The summed E-state index contributed by atoms with van der Waals surface area (Å²) in [6, 6.07) is 10.1.